The molecule has 6 heteroatoms. The number of likely N-dealkylation sites (tertiary alicyclic amines) is 2. The standard InChI is InChI=1S/C25H30ClN3O2/c1-18-2-4-20(5-3-18)16-29-17-21(14-24(29)30)25(31)27-23-10-12-28(13-11-23)15-19-6-8-22(26)9-7-19/h2-9,21,23H,10-17H2,1H3,(H,27,31). The number of hydrogen-bond acceptors (Lipinski definition) is 3. The molecule has 4 rings (SSSR count). The molecule has 0 aromatic heterocycles. The van der Waals surface area contributed by atoms with E-state index in [9.17, 15) is 9.59 Å². The number of benzene rings is 2. The molecule has 31 heavy (non-hydrogen) atoms. The molecule has 0 aliphatic carbocycles. The third-order valence-electron chi connectivity index (χ3n) is 6.33. The maximum absolute atomic E-state index is 12.8. The highest BCUT2D eigenvalue weighted by Gasteiger charge is 2.35. The molecule has 2 heterocycles. The predicted octanol–water partition coefficient (Wildman–Crippen LogP) is 3.78. The second-order valence-electron chi connectivity index (χ2n) is 8.85. The summed E-state index contributed by atoms with van der Waals surface area (Å²) in [4.78, 5) is 29.4. The van der Waals surface area contributed by atoms with Crippen molar-refractivity contribution in [2.75, 3.05) is 19.6 Å². The van der Waals surface area contributed by atoms with Crippen LogP contribution in [-0.2, 0) is 22.7 Å². The summed E-state index contributed by atoms with van der Waals surface area (Å²) in [6.45, 7) is 5.95. The number of carbonyl (C=O) groups is 2. The summed E-state index contributed by atoms with van der Waals surface area (Å²) in [6, 6.07) is 16.4. The molecule has 2 fully saturated rings. The normalized spacial score (nSPS) is 20.3. The molecule has 0 saturated carbocycles. The van der Waals surface area contributed by atoms with E-state index in [1.165, 1.54) is 11.1 Å². The van der Waals surface area contributed by atoms with Gasteiger partial charge in [0.2, 0.25) is 11.8 Å². The van der Waals surface area contributed by atoms with Crippen molar-refractivity contribution >= 4 is 23.4 Å². The molecule has 2 amide bonds. The van der Waals surface area contributed by atoms with Crippen molar-refractivity contribution < 1.29 is 9.59 Å². The first-order chi connectivity index (χ1) is 15.0. The Balaban J connectivity index is 1.22. The lowest BCUT2D eigenvalue weighted by Gasteiger charge is -2.32. The van der Waals surface area contributed by atoms with Gasteiger partial charge in [-0.15, -0.1) is 0 Å². The van der Waals surface area contributed by atoms with E-state index in [2.05, 4.69) is 34.5 Å². The number of rotatable bonds is 6. The highest BCUT2D eigenvalue weighted by Crippen LogP contribution is 2.22. The van der Waals surface area contributed by atoms with Crippen LogP contribution in [0.4, 0.5) is 0 Å². The van der Waals surface area contributed by atoms with Crippen LogP contribution < -0.4 is 5.32 Å². The van der Waals surface area contributed by atoms with Gasteiger partial charge in [0.1, 0.15) is 0 Å². The third kappa shape index (κ3) is 5.86. The molecule has 0 spiro atoms. The van der Waals surface area contributed by atoms with Crippen LogP contribution in [-0.4, -0.2) is 47.3 Å². The zero-order valence-corrected chi connectivity index (χ0v) is 18.8. The number of hydrogen-bond donors (Lipinski definition) is 1. The van der Waals surface area contributed by atoms with Crippen LogP contribution in [0.2, 0.25) is 5.02 Å². The predicted molar refractivity (Wildman–Crippen MR) is 123 cm³/mol. The average Bonchev–Trinajstić information content (AvgIpc) is 3.13. The Morgan fingerprint density at radius 1 is 1.00 bits per heavy atom. The van der Waals surface area contributed by atoms with Gasteiger partial charge in [0.15, 0.2) is 0 Å². The molecule has 164 valence electrons. The van der Waals surface area contributed by atoms with Gasteiger partial charge in [0.05, 0.1) is 5.92 Å². The van der Waals surface area contributed by atoms with Crippen molar-refractivity contribution in [3.05, 3.63) is 70.2 Å². The van der Waals surface area contributed by atoms with Crippen molar-refractivity contribution in [3.63, 3.8) is 0 Å². The quantitative estimate of drug-likeness (QED) is 0.745. The molecule has 1 unspecified atom stereocenters. The summed E-state index contributed by atoms with van der Waals surface area (Å²) in [6.07, 6.45) is 2.19. The zero-order chi connectivity index (χ0) is 21.8. The molecule has 1 N–H and O–H groups in total. The van der Waals surface area contributed by atoms with Gasteiger partial charge in [-0.05, 0) is 43.0 Å². The van der Waals surface area contributed by atoms with Crippen LogP contribution in [0.3, 0.4) is 0 Å². The van der Waals surface area contributed by atoms with Crippen LogP contribution in [0.25, 0.3) is 0 Å². The number of amides is 2. The molecule has 0 bridgehead atoms. The third-order valence-corrected chi connectivity index (χ3v) is 6.58. The van der Waals surface area contributed by atoms with E-state index < -0.39 is 0 Å². The molecule has 2 aliphatic heterocycles. The van der Waals surface area contributed by atoms with E-state index in [-0.39, 0.29) is 23.8 Å². The van der Waals surface area contributed by atoms with Crippen LogP contribution in [0.15, 0.2) is 48.5 Å². The Morgan fingerprint density at radius 3 is 2.29 bits per heavy atom. The Bertz CT molecular complexity index is 905. The summed E-state index contributed by atoms with van der Waals surface area (Å²) in [7, 11) is 0. The van der Waals surface area contributed by atoms with E-state index in [4.69, 9.17) is 11.6 Å². The minimum atomic E-state index is -0.245. The van der Waals surface area contributed by atoms with Gasteiger partial charge >= 0.3 is 0 Å². The fourth-order valence-electron chi connectivity index (χ4n) is 4.42. The Kier molecular flexibility index (Phi) is 6.93. The highest BCUT2D eigenvalue weighted by molar-refractivity contribution is 6.30. The fraction of sp³-hybridized carbons (Fsp3) is 0.440. The summed E-state index contributed by atoms with van der Waals surface area (Å²) in [5, 5.41) is 3.96. The molecule has 5 nitrogen and oxygen atoms in total. The smallest absolute Gasteiger partial charge is 0.225 e. The molecule has 2 aliphatic rings. The summed E-state index contributed by atoms with van der Waals surface area (Å²) >= 11 is 5.96. The number of nitrogens with zero attached hydrogens (tertiary/aromatic N) is 2. The Labute approximate surface area is 189 Å². The van der Waals surface area contributed by atoms with E-state index in [1.807, 2.05) is 36.1 Å². The monoisotopic (exact) mass is 439 g/mol. The first-order valence-corrected chi connectivity index (χ1v) is 11.4. The molecule has 2 aromatic carbocycles. The second kappa shape index (κ2) is 9.84. The zero-order valence-electron chi connectivity index (χ0n) is 18.0. The van der Waals surface area contributed by atoms with Crippen molar-refractivity contribution in [1.29, 1.82) is 0 Å². The first-order valence-electron chi connectivity index (χ1n) is 11.1. The largest absolute Gasteiger partial charge is 0.353 e. The van der Waals surface area contributed by atoms with Gasteiger partial charge < -0.3 is 10.2 Å². The minimum Gasteiger partial charge on any atom is -0.353 e. The van der Waals surface area contributed by atoms with Crippen LogP contribution in [0.5, 0.6) is 0 Å². The molecule has 2 aromatic rings. The lowest BCUT2D eigenvalue weighted by atomic mass is 10.0. The minimum absolute atomic E-state index is 0.0240. The van der Waals surface area contributed by atoms with E-state index >= 15 is 0 Å². The molecular formula is C25H30ClN3O2. The topological polar surface area (TPSA) is 52.7 Å². The number of aryl methyl sites for hydroxylation is 1. The van der Waals surface area contributed by atoms with Gasteiger partial charge in [0, 0.05) is 50.2 Å². The van der Waals surface area contributed by atoms with Crippen molar-refractivity contribution in [1.82, 2.24) is 15.1 Å². The van der Waals surface area contributed by atoms with Crippen LogP contribution in [0, 0.1) is 12.8 Å². The van der Waals surface area contributed by atoms with Crippen molar-refractivity contribution in [2.24, 2.45) is 5.92 Å². The van der Waals surface area contributed by atoms with Gasteiger partial charge in [-0.3, -0.25) is 14.5 Å². The maximum atomic E-state index is 12.8. The average molecular weight is 440 g/mol. The fourth-order valence-corrected chi connectivity index (χ4v) is 4.54. The van der Waals surface area contributed by atoms with Crippen LogP contribution in [0.1, 0.15) is 36.0 Å². The number of halogens is 1. The molecule has 0 radical (unpaired) electrons. The SMILES string of the molecule is Cc1ccc(CN2CC(C(=O)NC3CCN(Cc4ccc(Cl)cc4)CC3)CC2=O)cc1. The summed E-state index contributed by atoms with van der Waals surface area (Å²) in [5.41, 5.74) is 3.56. The highest BCUT2D eigenvalue weighted by atomic mass is 35.5. The Hall–Kier alpha value is -2.37. The van der Waals surface area contributed by atoms with Crippen LogP contribution >= 0.6 is 11.6 Å². The number of nitrogens with one attached hydrogen (secondary N) is 1. The number of carbonyl (C=O) groups excluding carboxylic acids is 2. The molecule has 2 saturated heterocycles. The number of piperidine rings is 1. The van der Waals surface area contributed by atoms with Crippen molar-refractivity contribution in [2.45, 2.75) is 45.3 Å². The van der Waals surface area contributed by atoms with E-state index in [0.29, 0.717) is 19.5 Å². The van der Waals surface area contributed by atoms with Crippen molar-refractivity contribution in [3.8, 4) is 0 Å². The lowest BCUT2D eigenvalue weighted by molar-refractivity contribution is -0.129. The first kappa shape index (κ1) is 21.8. The molecular weight excluding hydrogens is 410 g/mol. The van der Waals surface area contributed by atoms with E-state index in [1.54, 1.807) is 0 Å². The summed E-state index contributed by atoms with van der Waals surface area (Å²) in [5.74, 6) is -0.153. The second-order valence-corrected chi connectivity index (χ2v) is 9.28. The maximum Gasteiger partial charge on any atom is 0.225 e. The Morgan fingerprint density at radius 2 is 1.61 bits per heavy atom. The van der Waals surface area contributed by atoms with E-state index in [0.717, 1.165) is 43.1 Å². The van der Waals surface area contributed by atoms with Gasteiger partial charge in [-0.1, -0.05) is 53.6 Å². The molecule has 1 atom stereocenters. The van der Waals surface area contributed by atoms with Gasteiger partial charge in [-0.25, -0.2) is 0 Å². The lowest BCUT2D eigenvalue weighted by Crippen LogP contribution is -2.46. The van der Waals surface area contributed by atoms with Gasteiger partial charge in [-0.2, -0.15) is 0 Å². The van der Waals surface area contributed by atoms with Gasteiger partial charge in [0.25, 0.3) is 0 Å². The summed E-state index contributed by atoms with van der Waals surface area (Å²) < 4.78 is 0.